The van der Waals surface area contributed by atoms with Gasteiger partial charge in [-0.2, -0.15) is 0 Å². The molecule has 0 aliphatic rings. The van der Waals surface area contributed by atoms with Crippen LogP contribution in [0.4, 0.5) is 0 Å². The first-order valence-electron chi connectivity index (χ1n) is 11.2. The van der Waals surface area contributed by atoms with Crippen molar-refractivity contribution in [1.29, 1.82) is 0 Å². The van der Waals surface area contributed by atoms with Crippen LogP contribution in [0.3, 0.4) is 0 Å². The highest BCUT2D eigenvalue weighted by Crippen LogP contribution is 2.42. The minimum atomic E-state index is 0.924. The molecule has 0 atom stereocenters. The summed E-state index contributed by atoms with van der Waals surface area (Å²) in [7, 11) is 0. The quantitative estimate of drug-likeness (QED) is 0.253. The van der Waals surface area contributed by atoms with Crippen LogP contribution in [0, 0.1) is 0 Å². The summed E-state index contributed by atoms with van der Waals surface area (Å²) in [5, 5.41) is 7.10. The van der Waals surface area contributed by atoms with Gasteiger partial charge in [-0.25, -0.2) is 4.98 Å². The predicted octanol–water partition coefficient (Wildman–Crippen LogP) is 7.54. The number of furan rings is 1. The van der Waals surface area contributed by atoms with Gasteiger partial charge in [-0.15, -0.1) is 0 Å². The molecule has 0 spiro atoms. The van der Waals surface area contributed by atoms with Crippen molar-refractivity contribution in [3.05, 3.63) is 91.0 Å². The van der Waals surface area contributed by atoms with Crippen molar-refractivity contribution in [2.75, 3.05) is 0 Å². The molecule has 9 rings (SSSR count). The molecule has 4 aromatic heterocycles. The van der Waals surface area contributed by atoms with E-state index < -0.39 is 0 Å². The molecule has 152 valence electrons. The maximum atomic E-state index is 6.41. The number of nitrogens with zero attached hydrogens (tertiary/aromatic N) is 3. The smallest absolute Gasteiger partial charge is 0.220 e. The number of benzene rings is 5. The Morgan fingerprint density at radius 3 is 2.36 bits per heavy atom. The molecule has 33 heavy (non-hydrogen) atoms. The highest BCUT2D eigenvalue weighted by molar-refractivity contribution is 6.26. The van der Waals surface area contributed by atoms with Gasteiger partial charge in [0.1, 0.15) is 11.2 Å². The minimum absolute atomic E-state index is 0.924. The second kappa shape index (κ2) is 5.25. The van der Waals surface area contributed by atoms with Gasteiger partial charge in [-0.1, -0.05) is 54.6 Å². The maximum absolute atomic E-state index is 6.41. The van der Waals surface area contributed by atoms with Crippen molar-refractivity contribution in [3.8, 4) is 0 Å². The van der Waals surface area contributed by atoms with E-state index in [2.05, 4.69) is 87.7 Å². The van der Waals surface area contributed by atoms with Gasteiger partial charge < -0.3 is 4.42 Å². The fraction of sp³-hybridized carbons (Fsp3) is 0. The van der Waals surface area contributed by atoms with E-state index in [4.69, 9.17) is 9.40 Å². The van der Waals surface area contributed by atoms with Crippen LogP contribution < -0.4 is 0 Å². The lowest BCUT2D eigenvalue weighted by Gasteiger charge is -1.99. The molecule has 0 bridgehead atoms. The zero-order chi connectivity index (χ0) is 21.3. The van der Waals surface area contributed by atoms with Crippen LogP contribution in [0.15, 0.2) is 95.4 Å². The Kier molecular flexibility index (Phi) is 2.56. The van der Waals surface area contributed by atoms with Crippen molar-refractivity contribution < 1.29 is 4.42 Å². The third kappa shape index (κ3) is 1.76. The van der Waals surface area contributed by atoms with Crippen molar-refractivity contribution in [2.45, 2.75) is 0 Å². The summed E-state index contributed by atoms with van der Waals surface area (Å²) >= 11 is 0. The summed E-state index contributed by atoms with van der Waals surface area (Å²) in [6.45, 7) is 0. The van der Waals surface area contributed by atoms with Gasteiger partial charge >= 0.3 is 0 Å². The molecule has 0 unspecified atom stereocenters. The highest BCUT2D eigenvalue weighted by atomic mass is 16.3. The number of hydrogen-bond donors (Lipinski definition) is 0. The lowest BCUT2D eigenvalue weighted by molar-refractivity contribution is 0.673. The van der Waals surface area contributed by atoms with Gasteiger partial charge in [0.25, 0.3) is 0 Å². The molecule has 4 nitrogen and oxygen atoms in total. The fourth-order valence-electron chi connectivity index (χ4n) is 5.84. The van der Waals surface area contributed by atoms with Gasteiger partial charge in [0.2, 0.25) is 5.78 Å². The summed E-state index contributed by atoms with van der Waals surface area (Å²) in [5.41, 5.74) is 7.51. The summed E-state index contributed by atoms with van der Waals surface area (Å²) in [4.78, 5) is 5.12. The minimum Gasteiger partial charge on any atom is -0.455 e. The third-order valence-electron chi connectivity index (χ3n) is 7.22. The highest BCUT2D eigenvalue weighted by Gasteiger charge is 2.23. The zero-order valence-electron chi connectivity index (χ0n) is 17.4. The molecule has 0 aliphatic heterocycles. The molecule has 0 radical (unpaired) electrons. The molecule has 0 saturated carbocycles. The Bertz CT molecular complexity index is 2230. The second-order valence-corrected chi connectivity index (χ2v) is 8.88. The number of aromatic nitrogens is 3. The van der Waals surface area contributed by atoms with Crippen LogP contribution in [0.1, 0.15) is 0 Å². The van der Waals surface area contributed by atoms with Crippen LogP contribution in [-0.2, 0) is 0 Å². The monoisotopic (exact) mass is 421 g/mol. The first-order chi connectivity index (χ1) is 16.4. The average molecular weight is 421 g/mol. The van der Waals surface area contributed by atoms with Gasteiger partial charge in [0.05, 0.1) is 33.0 Å². The number of hydrogen-bond acceptors (Lipinski definition) is 2. The van der Waals surface area contributed by atoms with E-state index in [0.29, 0.717) is 0 Å². The Balaban J connectivity index is 1.56. The number of fused-ring (bicyclic) bond motifs is 13. The Labute approximate surface area is 186 Å². The van der Waals surface area contributed by atoms with Crippen molar-refractivity contribution in [1.82, 2.24) is 13.8 Å². The molecule has 0 fully saturated rings. The van der Waals surface area contributed by atoms with E-state index >= 15 is 0 Å². The Morgan fingerprint density at radius 1 is 0.606 bits per heavy atom. The first-order valence-corrected chi connectivity index (χ1v) is 11.2. The summed E-state index contributed by atoms with van der Waals surface area (Å²) < 4.78 is 11.0. The normalized spacial score (nSPS) is 12.8. The van der Waals surface area contributed by atoms with Crippen LogP contribution in [-0.4, -0.2) is 13.8 Å². The maximum Gasteiger partial charge on any atom is 0.220 e. The van der Waals surface area contributed by atoms with Crippen molar-refractivity contribution in [3.63, 3.8) is 0 Å². The summed E-state index contributed by atoms with van der Waals surface area (Å²) in [6.07, 6.45) is 0. The zero-order valence-corrected chi connectivity index (χ0v) is 17.4. The molecule has 0 saturated heterocycles. The summed E-state index contributed by atoms with van der Waals surface area (Å²) in [6, 6.07) is 32.1. The molecule has 4 heterocycles. The van der Waals surface area contributed by atoms with E-state index in [1.165, 1.54) is 27.2 Å². The predicted molar refractivity (Wildman–Crippen MR) is 135 cm³/mol. The van der Waals surface area contributed by atoms with Gasteiger partial charge in [-0.3, -0.25) is 8.80 Å². The van der Waals surface area contributed by atoms with Gasteiger partial charge in [0.15, 0.2) is 0 Å². The molecule has 9 aromatic rings. The van der Waals surface area contributed by atoms with Crippen LogP contribution in [0.2, 0.25) is 0 Å². The molecule has 5 aromatic carbocycles. The molecule has 0 aliphatic carbocycles. The van der Waals surface area contributed by atoms with Crippen LogP contribution in [0.25, 0.3) is 76.8 Å². The molecule has 4 heteroatoms. The standard InChI is InChI=1S/C29H15N3O/c1-2-7-17-15-24-21(14-16(17)6-1)30-29-31(24)23-10-5-9-20-26-22(32(29)27(20)23)13-12-19-18-8-3-4-11-25(18)33-28(19)26/h1-15H. The van der Waals surface area contributed by atoms with Crippen LogP contribution in [0.5, 0.6) is 0 Å². The largest absolute Gasteiger partial charge is 0.455 e. The Morgan fingerprint density at radius 2 is 1.42 bits per heavy atom. The molecule has 0 amide bonds. The first kappa shape index (κ1) is 16.1. The van der Waals surface area contributed by atoms with E-state index in [-0.39, 0.29) is 0 Å². The van der Waals surface area contributed by atoms with Crippen molar-refractivity contribution >= 4 is 76.8 Å². The number of rotatable bonds is 0. The second-order valence-electron chi connectivity index (χ2n) is 8.88. The van der Waals surface area contributed by atoms with Gasteiger partial charge in [0, 0.05) is 16.2 Å². The fourth-order valence-corrected chi connectivity index (χ4v) is 5.84. The SMILES string of the molecule is c1ccc2cc3c(cc2c1)nc1n3c2cccc3c4c5oc6ccccc6c5ccc4n1c32. The van der Waals surface area contributed by atoms with E-state index in [9.17, 15) is 0 Å². The van der Waals surface area contributed by atoms with Gasteiger partial charge in [-0.05, 0) is 47.2 Å². The van der Waals surface area contributed by atoms with E-state index in [1.54, 1.807) is 0 Å². The van der Waals surface area contributed by atoms with Crippen molar-refractivity contribution in [2.24, 2.45) is 0 Å². The number of para-hydroxylation sites is 2. The topological polar surface area (TPSA) is 34.9 Å². The summed E-state index contributed by atoms with van der Waals surface area (Å²) in [5.74, 6) is 0.942. The average Bonchev–Trinajstić information content (AvgIpc) is 3.57. The van der Waals surface area contributed by atoms with E-state index in [0.717, 1.165) is 49.7 Å². The lowest BCUT2D eigenvalue weighted by atomic mass is 10.1. The Hall–Kier alpha value is -4.57. The lowest BCUT2D eigenvalue weighted by Crippen LogP contribution is -1.84. The molecule has 0 N–H and O–H groups in total. The third-order valence-corrected chi connectivity index (χ3v) is 7.22. The number of imidazole rings is 2. The molecular weight excluding hydrogens is 406 g/mol. The molecular formula is C29H15N3O. The van der Waals surface area contributed by atoms with Crippen LogP contribution >= 0.6 is 0 Å². The van der Waals surface area contributed by atoms with E-state index in [1.807, 2.05) is 12.1 Å².